The van der Waals surface area contributed by atoms with Crippen molar-refractivity contribution in [3.63, 3.8) is 0 Å². The first kappa shape index (κ1) is 8.84. The molecule has 1 rings (SSSR count). The highest BCUT2D eigenvalue weighted by molar-refractivity contribution is 5.72. The Morgan fingerprint density at radius 3 is 2.92 bits per heavy atom. The summed E-state index contributed by atoms with van der Waals surface area (Å²) in [7, 11) is 2.00. The Bertz CT molecular complexity index is 265. The topological polar surface area (TPSA) is 34.0 Å². The van der Waals surface area contributed by atoms with Crippen molar-refractivity contribution in [3.05, 3.63) is 24.0 Å². The van der Waals surface area contributed by atoms with E-state index in [0.29, 0.717) is 6.54 Å². The van der Waals surface area contributed by atoms with E-state index in [1.807, 2.05) is 19.3 Å². The van der Waals surface area contributed by atoms with Gasteiger partial charge in [0, 0.05) is 38.8 Å². The minimum absolute atomic E-state index is 0.0317. The highest BCUT2D eigenvalue weighted by Crippen LogP contribution is 1.98. The summed E-state index contributed by atoms with van der Waals surface area (Å²) in [6, 6.07) is 4.06. The van der Waals surface area contributed by atoms with Crippen molar-refractivity contribution in [2.45, 2.75) is 13.3 Å². The monoisotopic (exact) mass is 166 g/mol. The summed E-state index contributed by atoms with van der Waals surface area (Å²) in [5, 5.41) is 2.76. The van der Waals surface area contributed by atoms with Gasteiger partial charge in [0.2, 0.25) is 5.91 Å². The van der Waals surface area contributed by atoms with Crippen LogP contribution in [0, 0.1) is 0 Å². The van der Waals surface area contributed by atoms with Crippen LogP contribution in [-0.4, -0.2) is 17.0 Å². The second-order valence-corrected chi connectivity index (χ2v) is 2.84. The Morgan fingerprint density at radius 1 is 1.67 bits per heavy atom. The third-order valence-corrected chi connectivity index (χ3v) is 1.81. The molecule has 0 bridgehead atoms. The largest absolute Gasteiger partial charge is 0.356 e. The minimum atomic E-state index is 0.0317. The predicted molar refractivity (Wildman–Crippen MR) is 47.8 cm³/mol. The van der Waals surface area contributed by atoms with Crippen molar-refractivity contribution in [1.29, 1.82) is 0 Å². The number of rotatable bonds is 3. The molecule has 0 saturated heterocycles. The predicted octanol–water partition coefficient (Wildman–Crippen LogP) is 0.704. The quantitative estimate of drug-likeness (QED) is 0.704. The number of hydrogen-bond donors (Lipinski definition) is 1. The minimum Gasteiger partial charge on any atom is -0.356 e. The maximum atomic E-state index is 10.5. The molecule has 0 spiro atoms. The van der Waals surface area contributed by atoms with E-state index in [1.54, 1.807) is 0 Å². The number of nitrogens with one attached hydrogen (secondary N) is 1. The average Bonchev–Trinajstić information content (AvgIpc) is 2.36. The van der Waals surface area contributed by atoms with Crippen molar-refractivity contribution in [1.82, 2.24) is 9.88 Å². The highest BCUT2D eigenvalue weighted by atomic mass is 16.1. The van der Waals surface area contributed by atoms with Gasteiger partial charge in [-0.2, -0.15) is 0 Å². The summed E-state index contributed by atoms with van der Waals surface area (Å²) in [6.45, 7) is 2.25. The van der Waals surface area contributed by atoms with Gasteiger partial charge in [-0.1, -0.05) is 0 Å². The van der Waals surface area contributed by atoms with Gasteiger partial charge in [0.05, 0.1) is 0 Å². The smallest absolute Gasteiger partial charge is 0.216 e. The van der Waals surface area contributed by atoms with Crippen LogP contribution in [0.3, 0.4) is 0 Å². The van der Waals surface area contributed by atoms with Gasteiger partial charge in [-0.3, -0.25) is 4.79 Å². The summed E-state index contributed by atoms with van der Waals surface area (Å²) in [4.78, 5) is 10.5. The summed E-state index contributed by atoms with van der Waals surface area (Å²) in [5.41, 5.74) is 1.24. The lowest BCUT2D eigenvalue weighted by Crippen LogP contribution is -2.22. The van der Waals surface area contributed by atoms with Crippen LogP contribution in [0.1, 0.15) is 12.6 Å². The zero-order valence-electron chi connectivity index (χ0n) is 7.50. The molecular weight excluding hydrogens is 152 g/mol. The van der Waals surface area contributed by atoms with Crippen LogP contribution >= 0.6 is 0 Å². The molecule has 1 N–H and O–H groups in total. The standard InChI is InChI=1S/C9H14N2O/c1-8(12)10-6-5-9-4-3-7-11(9)2/h3-4,7H,5-6H2,1-2H3,(H,10,12). The number of carbonyl (C=O) groups is 1. The Hall–Kier alpha value is -1.25. The molecule has 1 heterocycles. The fraction of sp³-hybridized carbons (Fsp3) is 0.444. The van der Waals surface area contributed by atoms with Crippen molar-refractivity contribution >= 4 is 5.91 Å². The zero-order chi connectivity index (χ0) is 8.97. The van der Waals surface area contributed by atoms with Gasteiger partial charge < -0.3 is 9.88 Å². The van der Waals surface area contributed by atoms with Crippen LogP contribution in [0.5, 0.6) is 0 Å². The van der Waals surface area contributed by atoms with Gasteiger partial charge in [-0.15, -0.1) is 0 Å². The van der Waals surface area contributed by atoms with Crippen LogP contribution in [0.2, 0.25) is 0 Å². The Balaban J connectivity index is 2.33. The SMILES string of the molecule is CC(=O)NCCc1cccn1C. The van der Waals surface area contributed by atoms with Gasteiger partial charge in [0.15, 0.2) is 0 Å². The third kappa shape index (κ3) is 2.42. The molecule has 0 aliphatic heterocycles. The Labute approximate surface area is 72.4 Å². The van der Waals surface area contributed by atoms with Crippen molar-refractivity contribution in [3.8, 4) is 0 Å². The molecule has 0 unspecified atom stereocenters. The number of aromatic nitrogens is 1. The molecular formula is C9H14N2O. The number of carbonyl (C=O) groups excluding carboxylic acids is 1. The molecule has 1 amide bonds. The molecule has 0 atom stereocenters. The van der Waals surface area contributed by atoms with E-state index in [4.69, 9.17) is 0 Å². The van der Waals surface area contributed by atoms with Gasteiger partial charge in [0.25, 0.3) is 0 Å². The maximum absolute atomic E-state index is 10.5. The zero-order valence-corrected chi connectivity index (χ0v) is 7.50. The number of hydrogen-bond acceptors (Lipinski definition) is 1. The molecule has 3 heteroatoms. The molecule has 12 heavy (non-hydrogen) atoms. The van der Waals surface area contributed by atoms with E-state index in [0.717, 1.165) is 6.42 Å². The first-order chi connectivity index (χ1) is 5.70. The number of nitrogens with zero attached hydrogens (tertiary/aromatic N) is 1. The van der Waals surface area contributed by atoms with Crippen molar-refractivity contribution in [2.75, 3.05) is 6.54 Å². The lowest BCUT2D eigenvalue weighted by atomic mass is 10.3. The van der Waals surface area contributed by atoms with E-state index < -0.39 is 0 Å². The molecule has 1 aromatic heterocycles. The second kappa shape index (κ2) is 3.95. The van der Waals surface area contributed by atoms with Gasteiger partial charge in [-0.05, 0) is 12.1 Å². The van der Waals surface area contributed by atoms with Crippen LogP contribution < -0.4 is 5.32 Å². The lowest BCUT2D eigenvalue weighted by Gasteiger charge is -2.03. The normalized spacial score (nSPS) is 9.83. The molecule has 0 aliphatic carbocycles. The van der Waals surface area contributed by atoms with Crippen LogP contribution in [-0.2, 0) is 18.3 Å². The lowest BCUT2D eigenvalue weighted by molar-refractivity contribution is -0.118. The van der Waals surface area contributed by atoms with Crippen molar-refractivity contribution in [2.24, 2.45) is 7.05 Å². The summed E-state index contributed by atoms with van der Waals surface area (Å²) >= 11 is 0. The number of amides is 1. The summed E-state index contributed by atoms with van der Waals surface area (Å²) in [6.07, 6.45) is 2.90. The van der Waals surface area contributed by atoms with Gasteiger partial charge in [-0.25, -0.2) is 0 Å². The van der Waals surface area contributed by atoms with Crippen LogP contribution in [0.15, 0.2) is 18.3 Å². The third-order valence-electron chi connectivity index (χ3n) is 1.81. The van der Waals surface area contributed by atoms with E-state index in [1.165, 1.54) is 12.6 Å². The van der Waals surface area contributed by atoms with Gasteiger partial charge >= 0.3 is 0 Å². The molecule has 0 radical (unpaired) electrons. The Morgan fingerprint density at radius 2 is 2.42 bits per heavy atom. The van der Waals surface area contributed by atoms with E-state index >= 15 is 0 Å². The molecule has 3 nitrogen and oxygen atoms in total. The fourth-order valence-electron chi connectivity index (χ4n) is 1.12. The second-order valence-electron chi connectivity index (χ2n) is 2.84. The Kier molecular flexibility index (Phi) is 2.91. The summed E-state index contributed by atoms with van der Waals surface area (Å²) < 4.78 is 2.06. The van der Waals surface area contributed by atoms with E-state index in [9.17, 15) is 4.79 Å². The first-order valence-corrected chi connectivity index (χ1v) is 4.05. The molecule has 1 aromatic rings. The van der Waals surface area contributed by atoms with E-state index in [2.05, 4.69) is 16.0 Å². The van der Waals surface area contributed by atoms with Crippen LogP contribution in [0.25, 0.3) is 0 Å². The molecule has 0 aromatic carbocycles. The van der Waals surface area contributed by atoms with E-state index in [-0.39, 0.29) is 5.91 Å². The van der Waals surface area contributed by atoms with Crippen LogP contribution in [0.4, 0.5) is 0 Å². The maximum Gasteiger partial charge on any atom is 0.216 e. The summed E-state index contributed by atoms with van der Waals surface area (Å²) in [5.74, 6) is 0.0317. The number of aryl methyl sites for hydroxylation is 1. The van der Waals surface area contributed by atoms with Crippen molar-refractivity contribution < 1.29 is 4.79 Å². The molecule has 0 aliphatic rings. The fourth-order valence-corrected chi connectivity index (χ4v) is 1.12. The molecule has 66 valence electrons. The average molecular weight is 166 g/mol. The molecule has 0 saturated carbocycles. The van der Waals surface area contributed by atoms with Gasteiger partial charge in [0.1, 0.15) is 0 Å². The first-order valence-electron chi connectivity index (χ1n) is 4.05. The molecule has 0 fully saturated rings. The highest BCUT2D eigenvalue weighted by Gasteiger charge is 1.96.